The lowest BCUT2D eigenvalue weighted by Crippen LogP contribution is -2.26. The lowest BCUT2D eigenvalue weighted by molar-refractivity contribution is -0.0250. The van der Waals surface area contributed by atoms with Crippen LogP contribution in [0.15, 0.2) is 12.7 Å². The highest BCUT2D eigenvalue weighted by Gasteiger charge is 2.19. The molecule has 0 rings (SSSR count). The summed E-state index contributed by atoms with van der Waals surface area (Å²) in [6.45, 7) is 10.8. The molecule has 0 saturated heterocycles. The number of rotatable bonds is 5. The Morgan fingerprint density at radius 1 is 1.50 bits per heavy atom. The first-order chi connectivity index (χ1) is 4.68. The van der Waals surface area contributed by atoms with Crippen molar-refractivity contribution >= 4 is 0 Å². The molecule has 0 amide bonds. The average molecular weight is 142 g/mol. The van der Waals surface area contributed by atoms with Crippen LogP contribution < -0.4 is 0 Å². The van der Waals surface area contributed by atoms with Crippen LogP contribution in [0.25, 0.3) is 0 Å². The zero-order chi connectivity index (χ0) is 8.04. The quantitative estimate of drug-likeness (QED) is 0.536. The molecule has 1 nitrogen and oxygen atoms in total. The maximum atomic E-state index is 5.55. The fourth-order valence-corrected chi connectivity index (χ4v) is 0.959. The lowest BCUT2D eigenvalue weighted by atomic mass is 9.99. The van der Waals surface area contributed by atoms with Gasteiger partial charge in [0.15, 0.2) is 0 Å². The summed E-state index contributed by atoms with van der Waals surface area (Å²) in [6.07, 6.45) is 3.91. The van der Waals surface area contributed by atoms with E-state index in [0.717, 1.165) is 19.4 Å². The van der Waals surface area contributed by atoms with Crippen LogP contribution in [0.2, 0.25) is 0 Å². The predicted octanol–water partition coefficient (Wildman–Crippen LogP) is 2.77. The Kier molecular flexibility index (Phi) is 4.37. The number of hydrogen-bond acceptors (Lipinski definition) is 1. The summed E-state index contributed by atoms with van der Waals surface area (Å²) in [5.41, 5.74) is 0.0243. The molecule has 0 aliphatic carbocycles. The molecular formula is C9H18O. The Bertz CT molecular complexity index is 98.9. The minimum Gasteiger partial charge on any atom is -0.375 e. The summed E-state index contributed by atoms with van der Waals surface area (Å²) in [5.74, 6) is 0. The fourth-order valence-electron chi connectivity index (χ4n) is 0.959. The van der Waals surface area contributed by atoms with Crippen molar-refractivity contribution in [2.45, 2.75) is 39.2 Å². The van der Waals surface area contributed by atoms with Crippen molar-refractivity contribution in [1.29, 1.82) is 0 Å². The van der Waals surface area contributed by atoms with Gasteiger partial charge in [0.2, 0.25) is 0 Å². The van der Waals surface area contributed by atoms with Crippen molar-refractivity contribution < 1.29 is 4.74 Å². The fraction of sp³-hybridized carbons (Fsp3) is 0.778. The van der Waals surface area contributed by atoms with Gasteiger partial charge in [0.25, 0.3) is 0 Å². The van der Waals surface area contributed by atoms with Crippen molar-refractivity contribution in [1.82, 2.24) is 0 Å². The first kappa shape index (κ1) is 9.70. The van der Waals surface area contributed by atoms with Gasteiger partial charge in [-0.15, -0.1) is 6.58 Å². The van der Waals surface area contributed by atoms with Crippen LogP contribution in [0, 0.1) is 0 Å². The maximum Gasteiger partial charge on any atom is 0.0685 e. The molecule has 0 heterocycles. The Morgan fingerprint density at radius 3 is 2.40 bits per heavy atom. The van der Waals surface area contributed by atoms with Crippen LogP contribution in [0.3, 0.4) is 0 Å². The second-order valence-corrected chi connectivity index (χ2v) is 2.73. The van der Waals surface area contributed by atoms with E-state index in [1.54, 1.807) is 0 Å². The molecule has 0 N–H and O–H groups in total. The van der Waals surface area contributed by atoms with Gasteiger partial charge in [0.1, 0.15) is 0 Å². The van der Waals surface area contributed by atoms with E-state index < -0.39 is 0 Å². The Hall–Kier alpha value is -0.300. The molecule has 0 aliphatic rings. The molecule has 10 heavy (non-hydrogen) atoms. The van der Waals surface area contributed by atoms with Gasteiger partial charge in [-0.1, -0.05) is 13.0 Å². The molecule has 1 heteroatoms. The molecule has 0 aromatic rings. The molecule has 0 fully saturated rings. The highest BCUT2D eigenvalue weighted by molar-refractivity contribution is 4.83. The maximum absolute atomic E-state index is 5.55. The summed E-state index contributed by atoms with van der Waals surface area (Å²) in [7, 11) is 0. The zero-order valence-electron chi connectivity index (χ0n) is 7.31. The summed E-state index contributed by atoms with van der Waals surface area (Å²) in [5, 5.41) is 0. The Balaban J connectivity index is 3.80. The van der Waals surface area contributed by atoms with E-state index in [-0.39, 0.29) is 5.60 Å². The summed E-state index contributed by atoms with van der Waals surface area (Å²) in [6, 6.07) is 0. The van der Waals surface area contributed by atoms with Crippen molar-refractivity contribution in [2.24, 2.45) is 0 Å². The van der Waals surface area contributed by atoms with Gasteiger partial charge in [0, 0.05) is 6.61 Å². The van der Waals surface area contributed by atoms with Gasteiger partial charge in [0.05, 0.1) is 5.60 Å². The SMILES string of the molecule is C=CCC(C)(CC)OCC. The van der Waals surface area contributed by atoms with E-state index in [2.05, 4.69) is 20.4 Å². The monoisotopic (exact) mass is 142 g/mol. The summed E-state index contributed by atoms with van der Waals surface area (Å²) >= 11 is 0. The van der Waals surface area contributed by atoms with E-state index in [9.17, 15) is 0 Å². The standard InChI is InChI=1S/C9H18O/c1-5-8-9(4,6-2)10-7-3/h5H,1,6-8H2,2-4H3. The summed E-state index contributed by atoms with van der Waals surface area (Å²) < 4.78 is 5.55. The van der Waals surface area contributed by atoms with Gasteiger partial charge >= 0.3 is 0 Å². The van der Waals surface area contributed by atoms with Crippen LogP contribution >= 0.6 is 0 Å². The van der Waals surface area contributed by atoms with E-state index in [1.165, 1.54) is 0 Å². The van der Waals surface area contributed by atoms with E-state index >= 15 is 0 Å². The highest BCUT2D eigenvalue weighted by Crippen LogP contribution is 2.19. The van der Waals surface area contributed by atoms with Gasteiger partial charge in [-0.3, -0.25) is 0 Å². The minimum absolute atomic E-state index is 0.0243. The van der Waals surface area contributed by atoms with Crippen LogP contribution in [0.5, 0.6) is 0 Å². The van der Waals surface area contributed by atoms with Crippen molar-refractivity contribution in [3.63, 3.8) is 0 Å². The molecule has 0 aliphatic heterocycles. The molecule has 0 radical (unpaired) electrons. The third kappa shape index (κ3) is 3.02. The van der Waals surface area contributed by atoms with Crippen LogP contribution in [0.4, 0.5) is 0 Å². The van der Waals surface area contributed by atoms with Crippen LogP contribution in [-0.2, 0) is 4.74 Å². The van der Waals surface area contributed by atoms with Crippen molar-refractivity contribution in [2.75, 3.05) is 6.61 Å². The molecule has 0 aromatic heterocycles. The number of hydrogen-bond donors (Lipinski definition) is 0. The largest absolute Gasteiger partial charge is 0.375 e. The first-order valence-electron chi connectivity index (χ1n) is 3.93. The molecular weight excluding hydrogens is 124 g/mol. The predicted molar refractivity (Wildman–Crippen MR) is 45.1 cm³/mol. The Morgan fingerprint density at radius 2 is 2.10 bits per heavy atom. The molecule has 0 aromatic carbocycles. The second kappa shape index (κ2) is 4.51. The normalized spacial score (nSPS) is 16.3. The molecule has 1 atom stereocenters. The first-order valence-corrected chi connectivity index (χ1v) is 3.93. The van der Waals surface area contributed by atoms with E-state index in [1.807, 2.05) is 13.0 Å². The van der Waals surface area contributed by atoms with Crippen LogP contribution in [0.1, 0.15) is 33.6 Å². The van der Waals surface area contributed by atoms with E-state index in [4.69, 9.17) is 4.74 Å². The molecule has 0 spiro atoms. The van der Waals surface area contributed by atoms with Crippen LogP contribution in [-0.4, -0.2) is 12.2 Å². The molecule has 1 unspecified atom stereocenters. The van der Waals surface area contributed by atoms with Crippen molar-refractivity contribution in [3.05, 3.63) is 12.7 Å². The number of ether oxygens (including phenoxy) is 1. The topological polar surface area (TPSA) is 9.23 Å². The molecule has 0 saturated carbocycles. The van der Waals surface area contributed by atoms with E-state index in [0.29, 0.717) is 0 Å². The Labute approximate surface area is 64.1 Å². The lowest BCUT2D eigenvalue weighted by Gasteiger charge is -2.26. The van der Waals surface area contributed by atoms with Gasteiger partial charge < -0.3 is 4.74 Å². The second-order valence-electron chi connectivity index (χ2n) is 2.73. The smallest absolute Gasteiger partial charge is 0.0685 e. The third-order valence-corrected chi connectivity index (χ3v) is 1.82. The summed E-state index contributed by atoms with van der Waals surface area (Å²) in [4.78, 5) is 0. The minimum atomic E-state index is 0.0243. The average Bonchev–Trinajstić information content (AvgIpc) is 1.89. The molecule has 60 valence electrons. The van der Waals surface area contributed by atoms with Crippen molar-refractivity contribution in [3.8, 4) is 0 Å². The molecule has 0 bridgehead atoms. The zero-order valence-corrected chi connectivity index (χ0v) is 7.31. The van der Waals surface area contributed by atoms with Gasteiger partial charge in [-0.05, 0) is 26.7 Å². The highest BCUT2D eigenvalue weighted by atomic mass is 16.5. The van der Waals surface area contributed by atoms with Gasteiger partial charge in [-0.25, -0.2) is 0 Å². The van der Waals surface area contributed by atoms with Gasteiger partial charge in [-0.2, -0.15) is 0 Å². The third-order valence-electron chi connectivity index (χ3n) is 1.82.